The van der Waals surface area contributed by atoms with E-state index in [4.69, 9.17) is 9.47 Å². The second kappa shape index (κ2) is 9.35. The number of aliphatic hydroxyl groups excluding tert-OH is 1. The molecule has 1 saturated heterocycles. The number of aliphatic hydroxyl groups is 1. The van der Waals surface area contributed by atoms with Crippen LogP contribution in [0.2, 0.25) is 0 Å². The maximum absolute atomic E-state index is 12.3. The van der Waals surface area contributed by atoms with E-state index >= 15 is 0 Å². The van der Waals surface area contributed by atoms with Crippen molar-refractivity contribution < 1.29 is 29.0 Å². The largest absolute Gasteiger partial charge is 0.459 e. The van der Waals surface area contributed by atoms with Gasteiger partial charge in [0, 0.05) is 18.8 Å². The number of carbonyl (C=O) groups excluding carboxylic acids is 3. The summed E-state index contributed by atoms with van der Waals surface area (Å²) in [5.74, 6) is -1.34. The van der Waals surface area contributed by atoms with Crippen molar-refractivity contribution in [2.75, 3.05) is 11.9 Å². The van der Waals surface area contributed by atoms with Crippen molar-refractivity contribution >= 4 is 34.8 Å². The van der Waals surface area contributed by atoms with Crippen LogP contribution in [0.3, 0.4) is 0 Å². The normalized spacial score (nSPS) is 20.9. The maximum atomic E-state index is 12.3. The number of nitrogens with zero attached hydrogens (tertiary/aromatic N) is 3. The summed E-state index contributed by atoms with van der Waals surface area (Å²) in [6.45, 7) is 4.40. The zero-order valence-electron chi connectivity index (χ0n) is 17.5. The highest BCUT2D eigenvalue weighted by molar-refractivity contribution is 5.91. The Bertz CT molecular complexity index is 1040. The number of rotatable bonds is 8. The van der Waals surface area contributed by atoms with Gasteiger partial charge in [0.15, 0.2) is 11.2 Å². The van der Waals surface area contributed by atoms with Crippen molar-refractivity contribution in [2.45, 2.75) is 58.5 Å². The number of carbonyl (C=O) groups is 3. The van der Waals surface area contributed by atoms with Crippen LogP contribution < -0.4 is 10.9 Å². The van der Waals surface area contributed by atoms with Gasteiger partial charge in [0.25, 0.3) is 5.56 Å². The lowest BCUT2D eigenvalue weighted by Crippen LogP contribution is -2.30. The molecular formula is C19H25N5O7. The fourth-order valence-electron chi connectivity index (χ4n) is 3.12. The van der Waals surface area contributed by atoms with Crippen LogP contribution >= 0.6 is 0 Å². The number of anilines is 1. The second-order valence-corrected chi connectivity index (χ2v) is 7.66. The molecule has 1 aliphatic heterocycles. The van der Waals surface area contributed by atoms with E-state index in [9.17, 15) is 24.3 Å². The molecule has 12 heteroatoms. The molecule has 1 fully saturated rings. The molecule has 12 nitrogen and oxygen atoms in total. The summed E-state index contributed by atoms with van der Waals surface area (Å²) in [5.41, 5.74) is -0.312. The smallest absolute Gasteiger partial charge is 0.306 e. The fraction of sp³-hybridized carbons (Fsp3) is 0.579. The Kier molecular flexibility index (Phi) is 6.81. The van der Waals surface area contributed by atoms with Gasteiger partial charge in [0.05, 0.1) is 19.4 Å². The van der Waals surface area contributed by atoms with Gasteiger partial charge in [-0.1, -0.05) is 13.8 Å². The van der Waals surface area contributed by atoms with Gasteiger partial charge < -0.3 is 19.4 Å². The number of imidazole rings is 1. The predicted molar refractivity (Wildman–Crippen MR) is 107 cm³/mol. The molecule has 2 aromatic rings. The number of hydrogen-bond donors (Lipinski definition) is 3. The average Bonchev–Trinajstić information content (AvgIpc) is 3.30. The van der Waals surface area contributed by atoms with E-state index in [-0.39, 0.29) is 54.0 Å². The topological polar surface area (TPSA) is 166 Å². The number of aromatic nitrogens is 4. The Morgan fingerprint density at radius 3 is 2.77 bits per heavy atom. The number of aromatic amines is 1. The molecule has 31 heavy (non-hydrogen) atoms. The number of H-pyrrole nitrogens is 1. The molecule has 0 aliphatic carbocycles. The molecule has 1 amide bonds. The summed E-state index contributed by atoms with van der Waals surface area (Å²) in [7, 11) is 0. The summed E-state index contributed by atoms with van der Waals surface area (Å²) in [6, 6.07) is 0. The van der Waals surface area contributed by atoms with E-state index < -0.39 is 36.6 Å². The number of Topliss-reactive ketones (excluding diaryl/α,β-unsaturated/α-hetero) is 1. The first-order valence-corrected chi connectivity index (χ1v) is 9.92. The summed E-state index contributed by atoms with van der Waals surface area (Å²) in [6.07, 6.45) is -0.678. The zero-order valence-corrected chi connectivity index (χ0v) is 17.5. The minimum atomic E-state index is -0.786. The van der Waals surface area contributed by atoms with E-state index in [1.54, 1.807) is 13.8 Å². The van der Waals surface area contributed by atoms with Gasteiger partial charge in [-0.15, -0.1) is 0 Å². The van der Waals surface area contributed by atoms with Crippen molar-refractivity contribution in [2.24, 2.45) is 5.92 Å². The van der Waals surface area contributed by atoms with Gasteiger partial charge in [-0.3, -0.25) is 29.3 Å². The van der Waals surface area contributed by atoms with E-state index in [0.717, 1.165) is 0 Å². The molecule has 1 aliphatic rings. The van der Waals surface area contributed by atoms with E-state index in [1.807, 2.05) is 0 Å². The van der Waals surface area contributed by atoms with Crippen molar-refractivity contribution in [1.82, 2.24) is 19.5 Å². The lowest BCUT2D eigenvalue weighted by atomic mass is 10.2. The minimum absolute atomic E-state index is 0.0261. The second-order valence-electron chi connectivity index (χ2n) is 7.66. The van der Waals surface area contributed by atoms with Gasteiger partial charge in [-0.05, 0) is 6.92 Å². The summed E-state index contributed by atoms with van der Waals surface area (Å²) in [5, 5.41) is 12.2. The first-order chi connectivity index (χ1) is 14.7. The molecule has 3 atom stereocenters. The molecule has 0 aromatic carbocycles. The fourth-order valence-corrected chi connectivity index (χ4v) is 3.12. The predicted octanol–water partition coefficient (Wildman–Crippen LogP) is 0.275. The number of ether oxygens (including phenoxy) is 2. The minimum Gasteiger partial charge on any atom is -0.459 e. The first-order valence-electron chi connectivity index (χ1n) is 9.92. The molecular weight excluding hydrogens is 410 g/mol. The van der Waals surface area contributed by atoms with Gasteiger partial charge in [0.1, 0.15) is 24.2 Å². The Morgan fingerprint density at radius 2 is 2.13 bits per heavy atom. The van der Waals surface area contributed by atoms with Crippen molar-refractivity contribution in [3.63, 3.8) is 0 Å². The van der Waals surface area contributed by atoms with E-state index in [1.165, 1.54) is 17.8 Å². The van der Waals surface area contributed by atoms with Crippen molar-refractivity contribution in [1.29, 1.82) is 0 Å². The molecule has 168 valence electrons. The van der Waals surface area contributed by atoms with Crippen LogP contribution in [0.4, 0.5) is 5.95 Å². The van der Waals surface area contributed by atoms with E-state index in [0.29, 0.717) is 0 Å². The van der Waals surface area contributed by atoms with Gasteiger partial charge >= 0.3 is 5.97 Å². The zero-order chi connectivity index (χ0) is 22.7. The third kappa shape index (κ3) is 5.14. The number of ketones is 1. The quantitative estimate of drug-likeness (QED) is 0.493. The van der Waals surface area contributed by atoms with E-state index in [2.05, 4.69) is 20.3 Å². The summed E-state index contributed by atoms with van der Waals surface area (Å²) in [4.78, 5) is 58.1. The van der Waals surface area contributed by atoms with Crippen LogP contribution in [0, 0.1) is 5.92 Å². The third-order valence-electron chi connectivity index (χ3n) is 4.83. The SMILES string of the molecule is CC(=O)CCC(=O)O[C@H]1C[C@H](n2cnc3c(=O)[nH]c(NC(=O)C(C)C)nc32)O[C@H]1CO. The van der Waals surface area contributed by atoms with Gasteiger partial charge in [-0.25, -0.2) is 4.98 Å². The number of nitrogens with one attached hydrogen (secondary N) is 2. The number of amides is 1. The monoisotopic (exact) mass is 435 g/mol. The highest BCUT2D eigenvalue weighted by atomic mass is 16.6. The third-order valence-corrected chi connectivity index (χ3v) is 4.83. The van der Waals surface area contributed by atoms with Crippen LogP contribution in [0.5, 0.6) is 0 Å². The molecule has 3 heterocycles. The Hall–Kier alpha value is -3.12. The molecule has 0 radical (unpaired) electrons. The molecule has 0 unspecified atom stereocenters. The molecule has 0 spiro atoms. The molecule has 0 bridgehead atoms. The first kappa shape index (κ1) is 22.6. The standard InChI is InChI=1S/C19H25N5O7/c1-9(2)17(28)22-19-21-16-15(18(29)23-19)20-8-24(16)13-6-11(12(7-25)30-13)31-14(27)5-4-10(3)26/h8-9,11-13,25H,4-7H2,1-3H3,(H2,21,22,23,28,29)/t11-,12-,13+/m0/s1. The summed E-state index contributed by atoms with van der Waals surface area (Å²) < 4.78 is 12.7. The van der Waals surface area contributed by atoms with Crippen LogP contribution in [0.15, 0.2) is 11.1 Å². The average molecular weight is 435 g/mol. The van der Waals surface area contributed by atoms with Crippen LogP contribution in [0.25, 0.3) is 11.2 Å². The molecule has 2 aromatic heterocycles. The number of fused-ring (bicyclic) bond motifs is 1. The molecule has 3 rings (SSSR count). The Labute approximate surface area is 177 Å². The Morgan fingerprint density at radius 1 is 1.39 bits per heavy atom. The number of esters is 1. The van der Waals surface area contributed by atoms with Crippen molar-refractivity contribution in [3.8, 4) is 0 Å². The highest BCUT2D eigenvalue weighted by Crippen LogP contribution is 2.32. The van der Waals surface area contributed by atoms with Crippen molar-refractivity contribution in [3.05, 3.63) is 16.7 Å². The van der Waals surface area contributed by atoms with Crippen LogP contribution in [-0.4, -0.2) is 61.1 Å². The molecule has 0 saturated carbocycles. The van der Waals surface area contributed by atoms with Crippen LogP contribution in [0.1, 0.15) is 46.3 Å². The molecule has 3 N–H and O–H groups in total. The van der Waals surface area contributed by atoms with Gasteiger partial charge in [-0.2, -0.15) is 4.98 Å². The lowest BCUT2D eigenvalue weighted by molar-refractivity contribution is -0.153. The number of hydrogen-bond acceptors (Lipinski definition) is 9. The maximum Gasteiger partial charge on any atom is 0.306 e. The summed E-state index contributed by atoms with van der Waals surface area (Å²) >= 11 is 0. The van der Waals surface area contributed by atoms with Crippen LogP contribution in [-0.2, 0) is 23.9 Å². The lowest BCUT2D eigenvalue weighted by Gasteiger charge is -2.16. The van der Waals surface area contributed by atoms with Gasteiger partial charge in [0.2, 0.25) is 11.9 Å². The highest BCUT2D eigenvalue weighted by Gasteiger charge is 2.39. The Balaban J connectivity index is 1.81.